The van der Waals surface area contributed by atoms with Crippen molar-refractivity contribution in [2.24, 2.45) is 0 Å². The molecule has 0 fully saturated rings. The Balaban J connectivity index is 1.98. The van der Waals surface area contributed by atoms with E-state index in [2.05, 4.69) is 10.6 Å². The Morgan fingerprint density at radius 2 is 1.74 bits per heavy atom. The lowest BCUT2D eigenvalue weighted by Gasteiger charge is -2.17. The van der Waals surface area contributed by atoms with Crippen molar-refractivity contribution in [3.63, 3.8) is 0 Å². The van der Waals surface area contributed by atoms with Crippen LogP contribution in [0.1, 0.15) is 52.7 Å². The van der Waals surface area contributed by atoms with Crippen LogP contribution in [0.15, 0.2) is 30.3 Å². The molecule has 8 nitrogen and oxygen atoms in total. The van der Waals surface area contributed by atoms with Crippen molar-refractivity contribution < 1.29 is 28.7 Å². The van der Waals surface area contributed by atoms with Gasteiger partial charge in [-0.15, -0.1) is 11.3 Å². The van der Waals surface area contributed by atoms with Crippen LogP contribution in [0, 0.1) is 13.8 Å². The highest BCUT2D eigenvalue weighted by Crippen LogP contribution is 2.33. The lowest BCUT2D eigenvalue weighted by atomic mass is 10.0. The van der Waals surface area contributed by atoms with Crippen LogP contribution in [0.5, 0.6) is 0 Å². The molecule has 0 bridgehead atoms. The Hall–Kier alpha value is -3.20. The zero-order chi connectivity index (χ0) is 23.0. The van der Waals surface area contributed by atoms with Gasteiger partial charge >= 0.3 is 11.9 Å². The fraction of sp³-hybridized carbons (Fsp3) is 0.364. The summed E-state index contributed by atoms with van der Waals surface area (Å²) in [6.07, 6.45) is -0.123. The van der Waals surface area contributed by atoms with Crippen molar-refractivity contribution >= 4 is 40.1 Å². The predicted molar refractivity (Wildman–Crippen MR) is 117 cm³/mol. The maximum atomic E-state index is 12.3. The third-order valence-corrected chi connectivity index (χ3v) is 5.55. The maximum Gasteiger partial charge on any atom is 0.341 e. The van der Waals surface area contributed by atoms with E-state index in [0.717, 1.165) is 16.0 Å². The van der Waals surface area contributed by atoms with Crippen molar-refractivity contribution in [3.8, 4) is 0 Å². The molecule has 0 saturated heterocycles. The van der Waals surface area contributed by atoms with Crippen LogP contribution in [0.2, 0.25) is 0 Å². The number of benzene rings is 1. The monoisotopic (exact) mass is 446 g/mol. The summed E-state index contributed by atoms with van der Waals surface area (Å²) in [5, 5.41) is 5.68. The summed E-state index contributed by atoms with van der Waals surface area (Å²) in [7, 11) is 0. The van der Waals surface area contributed by atoms with E-state index in [9.17, 15) is 19.2 Å². The number of rotatable bonds is 9. The first-order valence-electron chi connectivity index (χ1n) is 9.77. The molecule has 0 aliphatic rings. The minimum absolute atomic E-state index is 0.123. The number of hydrogen-bond donors (Lipinski definition) is 2. The van der Waals surface area contributed by atoms with Crippen molar-refractivity contribution in [2.75, 3.05) is 18.5 Å². The van der Waals surface area contributed by atoms with Crippen LogP contribution in [0.3, 0.4) is 0 Å². The molecular formula is C22H26N2O6S. The maximum absolute atomic E-state index is 12.3. The molecule has 0 spiro atoms. The number of amides is 2. The number of esters is 2. The molecule has 1 heterocycles. The topological polar surface area (TPSA) is 111 Å². The summed E-state index contributed by atoms with van der Waals surface area (Å²) in [5.41, 5.74) is 1.79. The largest absolute Gasteiger partial charge is 0.462 e. The molecule has 0 radical (unpaired) electrons. The quantitative estimate of drug-likeness (QED) is 0.572. The number of hydrogen-bond acceptors (Lipinski definition) is 7. The van der Waals surface area contributed by atoms with Crippen LogP contribution < -0.4 is 10.6 Å². The van der Waals surface area contributed by atoms with Crippen LogP contribution in [-0.2, 0) is 23.9 Å². The minimum Gasteiger partial charge on any atom is -0.462 e. The van der Waals surface area contributed by atoms with Crippen molar-refractivity contribution in [2.45, 2.75) is 40.2 Å². The van der Waals surface area contributed by atoms with Crippen molar-refractivity contribution in [3.05, 3.63) is 51.9 Å². The van der Waals surface area contributed by atoms with Gasteiger partial charge in [-0.05, 0) is 31.9 Å². The molecule has 1 atom stereocenters. The molecule has 0 aliphatic heterocycles. The Morgan fingerprint density at radius 3 is 2.35 bits per heavy atom. The highest BCUT2D eigenvalue weighted by atomic mass is 32.1. The lowest BCUT2D eigenvalue weighted by molar-refractivity contribution is -0.148. The second kappa shape index (κ2) is 11.3. The van der Waals surface area contributed by atoms with Gasteiger partial charge < -0.3 is 20.1 Å². The third-order valence-electron chi connectivity index (χ3n) is 4.43. The van der Waals surface area contributed by atoms with Gasteiger partial charge in [-0.1, -0.05) is 30.3 Å². The van der Waals surface area contributed by atoms with Gasteiger partial charge in [0.25, 0.3) is 5.91 Å². The number of carbonyl (C=O) groups is 4. The first-order chi connectivity index (χ1) is 14.7. The Labute approximate surface area is 184 Å². The predicted octanol–water partition coefficient (Wildman–Crippen LogP) is 3.29. The van der Waals surface area contributed by atoms with E-state index in [1.165, 1.54) is 18.3 Å². The molecule has 0 saturated carbocycles. The van der Waals surface area contributed by atoms with E-state index >= 15 is 0 Å². The van der Waals surface area contributed by atoms with Crippen LogP contribution in [0.25, 0.3) is 0 Å². The number of ether oxygens (including phenoxy) is 2. The fourth-order valence-electron chi connectivity index (χ4n) is 2.88. The first-order valence-corrected chi connectivity index (χ1v) is 10.6. The van der Waals surface area contributed by atoms with Gasteiger partial charge in [0.05, 0.1) is 24.6 Å². The molecule has 1 unspecified atom stereocenters. The molecule has 1 aromatic heterocycles. The average molecular weight is 447 g/mol. The number of thiophene rings is 1. The Kier molecular flexibility index (Phi) is 8.75. The van der Waals surface area contributed by atoms with E-state index in [-0.39, 0.29) is 18.9 Å². The van der Waals surface area contributed by atoms with Crippen LogP contribution in [-0.4, -0.2) is 37.0 Å². The summed E-state index contributed by atoms with van der Waals surface area (Å²) in [4.78, 5) is 49.1. The molecular weight excluding hydrogens is 420 g/mol. The van der Waals surface area contributed by atoms with E-state index < -0.39 is 30.5 Å². The number of anilines is 1. The average Bonchev–Trinajstić information content (AvgIpc) is 2.99. The van der Waals surface area contributed by atoms with E-state index in [4.69, 9.17) is 9.47 Å². The molecule has 31 heavy (non-hydrogen) atoms. The number of aryl methyl sites for hydroxylation is 1. The first kappa shape index (κ1) is 24.1. The fourth-order valence-corrected chi connectivity index (χ4v) is 3.95. The van der Waals surface area contributed by atoms with Crippen molar-refractivity contribution in [1.29, 1.82) is 0 Å². The van der Waals surface area contributed by atoms with Crippen LogP contribution in [0.4, 0.5) is 5.00 Å². The smallest absolute Gasteiger partial charge is 0.341 e. The number of nitrogens with one attached hydrogen (secondary N) is 2. The molecule has 2 aromatic rings. The third kappa shape index (κ3) is 6.92. The van der Waals surface area contributed by atoms with E-state index in [1.54, 1.807) is 38.1 Å². The molecule has 2 amide bonds. The Bertz CT molecular complexity index is 954. The summed E-state index contributed by atoms with van der Waals surface area (Å²) in [6.45, 7) is 6.38. The highest BCUT2D eigenvalue weighted by Gasteiger charge is 2.23. The van der Waals surface area contributed by atoms with Gasteiger partial charge in [-0.2, -0.15) is 0 Å². The van der Waals surface area contributed by atoms with Crippen molar-refractivity contribution in [1.82, 2.24) is 5.32 Å². The SMILES string of the molecule is CCOC(=O)c1c(NC(=O)COC(=O)CC(NC(C)=O)c2ccccc2)sc(C)c1C. The zero-order valence-corrected chi connectivity index (χ0v) is 18.8. The summed E-state index contributed by atoms with van der Waals surface area (Å²) >= 11 is 1.25. The van der Waals surface area contributed by atoms with Gasteiger partial charge in [0.2, 0.25) is 5.91 Å². The molecule has 0 aliphatic carbocycles. The molecule has 2 N–H and O–H groups in total. The Morgan fingerprint density at radius 1 is 1.06 bits per heavy atom. The summed E-state index contributed by atoms with van der Waals surface area (Å²) < 4.78 is 10.1. The van der Waals surface area contributed by atoms with Gasteiger partial charge in [-0.25, -0.2) is 4.79 Å². The molecule has 166 valence electrons. The molecule has 1 aromatic carbocycles. The second-order valence-corrected chi connectivity index (χ2v) is 8.01. The van der Waals surface area contributed by atoms with Gasteiger partial charge in [-0.3, -0.25) is 14.4 Å². The molecule has 9 heteroatoms. The normalized spacial score (nSPS) is 11.4. The standard InChI is InChI=1S/C22H26N2O6S/c1-5-29-22(28)20-13(2)14(3)31-21(20)24-18(26)12-30-19(27)11-17(23-15(4)25)16-9-7-6-8-10-16/h6-10,17H,5,11-12H2,1-4H3,(H,23,25)(H,24,26). The summed E-state index contributed by atoms with van der Waals surface area (Å²) in [5.74, 6) is -2.01. The second-order valence-electron chi connectivity index (χ2n) is 6.78. The summed E-state index contributed by atoms with van der Waals surface area (Å²) in [6, 6.07) is 8.45. The van der Waals surface area contributed by atoms with E-state index in [1.807, 2.05) is 13.0 Å². The van der Waals surface area contributed by atoms with Gasteiger partial charge in [0, 0.05) is 11.8 Å². The van der Waals surface area contributed by atoms with Gasteiger partial charge in [0.15, 0.2) is 6.61 Å². The minimum atomic E-state index is -0.637. The van der Waals surface area contributed by atoms with E-state index in [0.29, 0.717) is 10.6 Å². The zero-order valence-electron chi connectivity index (χ0n) is 17.9. The number of carbonyl (C=O) groups excluding carboxylic acids is 4. The van der Waals surface area contributed by atoms with Gasteiger partial charge in [0.1, 0.15) is 5.00 Å². The van der Waals surface area contributed by atoms with Crippen LogP contribution >= 0.6 is 11.3 Å². The molecule has 2 rings (SSSR count). The lowest BCUT2D eigenvalue weighted by Crippen LogP contribution is -2.29. The highest BCUT2D eigenvalue weighted by molar-refractivity contribution is 7.16.